The van der Waals surface area contributed by atoms with E-state index < -0.39 is 12.1 Å². The molecule has 1 aromatic rings. The molecule has 0 bridgehead atoms. The largest absolute Gasteiger partial charge is 0.479 e. The number of nitriles is 1. The average molecular weight is 268 g/mol. The summed E-state index contributed by atoms with van der Waals surface area (Å²) in [5.74, 6) is -1.38. The maximum Gasteiger partial charge on any atom is 0.332 e. The van der Waals surface area contributed by atoms with Crippen LogP contribution in [0.2, 0.25) is 0 Å². The number of carbonyl (C=O) groups excluding carboxylic acids is 1. The third-order valence-electron chi connectivity index (χ3n) is 2.08. The standard InChI is InChI=1S/C11H12N2O4S/c1-7(11(15)16)17-4-2-9(14)13-10-8(6-12)3-5-18-10/h3,5,7H,2,4H2,1H3,(H,13,14)(H,15,16). The van der Waals surface area contributed by atoms with Crippen LogP contribution in [-0.2, 0) is 14.3 Å². The van der Waals surface area contributed by atoms with Gasteiger partial charge in [-0.25, -0.2) is 4.79 Å². The molecule has 0 fully saturated rings. The van der Waals surface area contributed by atoms with Gasteiger partial charge in [-0.15, -0.1) is 11.3 Å². The number of aliphatic carboxylic acids is 1. The predicted molar refractivity (Wildman–Crippen MR) is 65.3 cm³/mol. The molecule has 18 heavy (non-hydrogen) atoms. The minimum Gasteiger partial charge on any atom is -0.479 e. The zero-order valence-corrected chi connectivity index (χ0v) is 10.5. The number of anilines is 1. The van der Waals surface area contributed by atoms with Crippen molar-refractivity contribution in [2.24, 2.45) is 0 Å². The number of carboxylic acid groups (broad SMARTS) is 1. The molecule has 0 saturated heterocycles. The van der Waals surface area contributed by atoms with Crippen LogP contribution < -0.4 is 5.32 Å². The second kappa shape index (κ2) is 6.74. The van der Waals surface area contributed by atoms with Crippen LogP contribution in [0.25, 0.3) is 0 Å². The first-order chi connectivity index (χ1) is 8.54. The highest BCUT2D eigenvalue weighted by atomic mass is 32.1. The molecular weight excluding hydrogens is 256 g/mol. The van der Waals surface area contributed by atoms with Crippen molar-refractivity contribution in [1.82, 2.24) is 0 Å². The van der Waals surface area contributed by atoms with Gasteiger partial charge in [0, 0.05) is 0 Å². The van der Waals surface area contributed by atoms with Crippen LogP contribution in [0.15, 0.2) is 11.4 Å². The fourth-order valence-electron chi connectivity index (χ4n) is 1.08. The zero-order valence-electron chi connectivity index (χ0n) is 9.67. The Bertz CT molecular complexity index is 478. The molecule has 1 amide bonds. The Labute approximate surface area is 108 Å². The van der Waals surface area contributed by atoms with E-state index in [4.69, 9.17) is 15.1 Å². The van der Waals surface area contributed by atoms with E-state index in [9.17, 15) is 9.59 Å². The van der Waals surface area contributed by atoms with E-state index in [1.54, 1.807) is 11.4 Å². The Kier molecular flexibility index (Phi) is 5.30. The number of hydrogen-bond donors (Lipinski definition) is 2. The molecule has 0 aliphatic heterocycles. The van der Waals surface area contributed by atoms with Gasteiger partial charge in [0.1, 0.15) is 11.1 Å². The van der Waals surface area contributed by atoms with Gasteiger partial charge in [0.2, 0.25) is 5.91 Å². The first-order valence-electron chi connectivity index (χ1n) is 5.16. The van der Waals surface area contributed by atoms with Crippen molar-refractivity contribution in [3.63, 3.8) is 0 Å². The fraction of sp³-hybridized carbons (Fsp3) is 0.364. The van der Waals surface area contributed by atoms with Crippen LogP contribution >= 0.6 is 11.3 Å². The topological polar surface area (TPSA) is 99.4 Å². The monoisotopic (exact) mass is 268 g/mol. The fourth-order valence-corrected chi connectivity index (χ4v) is 1.84. The Hall–Kier alpha value is -1.91. The summed E-state index contributed by atoms with van der Waals surface area (Å²) in [7, 11) is 0. The number of nitrogens with zero attached hydrogens (tertiary/aromatic N) is 1. The minimum atomic E-state index is -1.07. The van der Waals surface area contributed by atoms with Crippen molar-refractivity contribution in [2.75, 3.05) is 11.9 Å². The minimum absolute atomic E-state index is 0.0204. The van der Waals surface area contributed by atoms with Crippen LogP contribution in [0, 0.1) is 11.3 Å². The molecular formula is C11H12N2O4S. The number of rotatable bonds is 6. The first kappa shape index (κ1) is 14.2. The molecule has 0 aliphatic carbocycles. The van der Waals surface area contributed by atoms with Crippen LogP contribution in [0.3, 0.4) is 0 Å². The van der Waals surface area contributed by atoms with Gasteiger partial charge in [0.15, 0.2) is 6.10 Å². The van der Waals surface area contributed by atoms with Gasteiger partial charge in [0.25, 0.3) is 0 Å². The second-order valence-electron chi connectivity index (χ2n) is 3.42. The summed E-state index contributed by atoms with van der Waals surface area (Å²) in [6.45, 7) is 1.42. The van der Waals surface area contributed by atoms with Gasteiger partial charge in [-0.05, 0) is 18.4 Å². The molecule has 1 aromatic heterocycles. The number of hydrogen-bond acceptors (Lipinski definition) is 5. The highest BCUT2D eigenvalue weighted by molar-refractivity contribution is 7.14. The molecule has 0 saturated carbocycles. The molecule has 1 unspecified atom stereocenters. The SMILES string of the molecule is CC(OCCC(=O)Nc1sccc1C#N)C(=O)O. The molecule has 2 N–H and O–H groups in total. The summed E-state index contributed by atoms with van der Waals surface area (Å²) in [6, 6.07) is 3.57. The summed E-state index contributed by atoms with van der Waals surface area (Å²) in [5, 5.41) is 22.1. The van der Waals surface area contributed by atoms with E-state index in [2.05, 4.69) is 5.32 Å². The summed E-state index contributed by atoms with van der Waals surface area (Å²) >= 11 is 1.26. The molecule has 0 radical (unpaired) electrons. The molecule has 0 spiro atoms. The van der Waals surface area contributed by atoms with Crippen molar-refractivity contribution in [3.05, 3.63) is 17.0 Å². The van der Waals surface area contributed by atoms with Crippen molar-refractivity contribution < 1.29 is 19.4 Å². The third-order valence-corrected chi connectivity index (χ3v) is 2.91. The van der Waals surface area contributed by atoms with Crippen LogP contribution in [0.5, 0.6) is 0 Å². The van der Waals surface area contributed by atoms with Gasteiger partial charge in [-0.1, -0.05) is 0 Å². The number of carbonyl (C=O) groups is 2. The molecule has 0 aromatic carbocycles. The highest BCUT2D eigenvalue weighted by Gasteiger charge is 2.12. The Morgan fingerprint density at radius 2 is 2.39 bits per heavy atom. The number of amides is 1. The molecule has 7 heteroatoms. The van der Waals surface area contributed by atoms with Gasteiger partial charge in [-0.3, -0.25) is 4.79 Å². The molecule has 96 valence electrons. The summed E-state index contributed by atoms with van der Waals surface area (Å²) in [6.07, 6.45) is -0.894. The maximum absolute atomic E-state index is 11.5. The summed E-state index contributed by atoms with van der Waals surface area (Å²) in [4.78, 5) is 21.9. The Morgan fingerprint density at radius 3 is 3.00 bits per heavy atom. The van der Waals surface area contributed by atoms with E-state index in [1.807, 2.05) is 6.07 Å². The maximum atomic E-state index is 11.5. The molecule has 6 nitrogen and oxygen atoms in total. The quantitative estimate of drug-likeness (QED) is 0.813. The van der Waals surface area contributed by atoms with Crippen LogP contribution in [0.1, 0.15) is 18.9 Å². The molecule has 1 atom stereocenters. The van der Waals surface area contributed by atoms with E-state index in [0.29, 0.717) is 10.6 Å². The first-order valence-corrected chi connectivity index (χ1v) is 6.04. The molecule has 0 aliphatic rings. The number of carboxylic acids is 1. The molecule has 1 heterocycles. The Balaban J connectivity index is 2.35. The van der Waals surface area contributed by atoms with Gasteiger partial charge >= 0.3 is 5.97 Å². The highest BCUT2D eigenvalue weighted by Crippen LogP contribution is 2.22. The smallest absolute Gasteiger partial charge is 0.332 e. The predicted octanol–water partition coefficient (Wildman–Crippen LogP) is 1.44. The van der Waals surface area contributed by atoms with Gasteiger partial charge in [-0.2, -0.15) is 5.26 Å². The van der Waals surface area contributed by atoms with Crippen molar-refractivity contribution in [2.45, 2.75) is 19.4 Å². The lowest BCUT2D eigenvalue weighted by Crippen LogP contribution is -2.22. The lowest BCUT2D eigenvalue weighted by Gasteiger charge is -2.08. The van der Waals surface area contributed by atoms with Gasteiger partial charge < -0.3 is 15.2 Å². The van der Waals surface area contributed by atoms with Crippen LogP contribution in [-0.4, -0.2) is 29.7 Å². The number of thiophene rings is 1. The van der Waals surface area contributed by atoms with E-state index in [-0.39, 0.29) is 18.9 Å². The summed E-state index contributed by atoms with van der Waals surface area (Å²) in [5.41, 5.74) is 0.410. The average Bonchev–Trinajstić information content (AvgIpc) is 2.75. The Morgan fingerprint density at radius 1 is 1.67 bits per heavy atom. The van der Waals surface area contributed by atoms with Crippen molar-refractivity contribution in [3.8, 4) is 6.07 Å². The third kappa shape index (κ3) is 4.16. The lowest BCUT2D eigenvalue weighted by molar-refractivity contribution is -0.149. The second-order valence-corrected chi connectivity index (χ2v) is 4.34. The van der Waals surface area contributed by atoms with E-state index in [0.717, 1.165) is 0 Å². The van der Waals surface area contributed by atoms with E-state index >= 15 is 0 Å². The van der Waals surface area contributed by atoms with Crippen molar-refractivity contribution in [1.29, 1.82) is 5.26 Å². The molecule has 1 rings (SSSR count). The van der Waals surface area contributed by atoms with Gasteiger partial charge in [0.05, 0.1) is 18.6 Å². The number of ether oxygens (including phenoxy) is 1. The lowest BCUT2D eigenvalue weighted by atomic mass is 10.3. The zero-order chi connectivity index (χ0) is 13.5. The summed E-state index contributed by atoms with van der Waals surface area (Å²) < 4.78 is 4.93. The van der Waals surface area contributed by atoms with Crippen molar-refractivity contribution >= 4 is 28.2 Å². The van der Waals surface area contributed by atoms with Crippen LogP contribution in [0.4, 0.5) is 5.00 Å². The van der Waals surface area contributed by atoms with E-state index in [1.165, 1.54) is 18.3 Å². The normalized spacial score (nSPS) is 11.6. The number of nitrogens with one attached hydrogen (secondary N) is 1.